The highest BCUT2D eigenvalue weighted by Crippen LogP contribution is 2.05. The Labute approximate surface area is 145 Å². The first kappa shape index (κ1) is 22.8. The second kappa shape index (κ2) is 10.6. The average molecular weight is 361 g/mol. The number of nitrogens with two attached hydrogens (primary N) is 1. The van der Waals surface area contributed by atoms with Crippen molar-refractivity contribution in [2.45, 2.75) is 64.3 Å². The molecule has 0 aliphatic carbocycles. The van der Waals surface area contributed by atoms with Crippen molar-refractivity contribution in [1.29, 1.82) is 0 Å². The fourth-order valence-corrected chi connectivity index (χ4v) is 2.07. The van der Waals surface area contributed by atoms with Gasteiger partial charge in [-0.15, -0.1) is 0 Å². The fraction of sp³-hybridized carbons (Fsp3) is 0.733. The Kier molecular flexibility index (Phi) is 9.69. The zero-order chi connectivity index (χ0) is 19.7. The number of carbonyl (C=O) groups is 4. The normalized spacial score (nSPS) is 15.8. The molecule has 4 atom stereocenters. The summed E-state index contributed by atoms with van der Waals surface area (Å²) in [7, 11) is 0. The van der Waals surface area contributed by atoms with Gasteiger partial charge in [0.1, 0.15) is 6.04 Å². The molecule has 0 aromatic heterocycles. The molecular formula is C15H27N3O7. The standard InChI is InChI=1S/C15H27N3O7/c1-7(2)6-9(16)13(22)17-10(4-5-11(20)21)14(23)18-12(8(3)19)15(24)25/h7-10,12,19H,4-6,16H2,1-3H3,(H,17,22)(H,18,23)(H,20,21)(H,24,25). The summed E-state index contributed by atoms with van der Waals surface area (Å²) < 4.78 is 0. The number of rotatable bonds is 11. The smallest absolute Gasteiger partial charge is 0.328 e. The van der Waals surface area contributed by atoms with E-state index in [0.717, 1.165) is 0 Å². The molecule has 0 bridgehead atoms. The average Bonchev–Trinajstić information content (AvgIpc) is 2.46. The van der Waals surface area contributed by atoms with Crippen LogP contribution in [0.1, 0.15) is 40.0 Å². The number of carboxylic acid groups (broad SMARTS) is 2. The Bertz CT molecular complexity index is 494. The third-order valence-corrected chi connectivity index (χ3v) is 3.39. The van der Waals surface area contributed by atoms with Crippen molar-refractivity contribution < 1.29 is 34.5 Å². The first-order valence-electron chi connectivity index (χ1n) is 7.94. The van der Waals surface area contributed by atoms with Gasteiger partial charge in [0.15, 0.2) is 6.04 Å². The number of aliphatic hydroxyl groups is 1. The van der Waals surface area contributed by atoms with Crippen LogP contribution in [0.5, 0.6) is 0 Å². The summed E-state index contributed by atoms with van der Waals surface area (Å²) in [5.74, 6) is -4.03. The molecule has 0 saturated heterocycles. The molecule has 0 rings (SSSR count). The molecule has 0 radical (unpaired) electrons. The lowest BCUT2D eigenvalue weighted by atomic mass is 10.0. The molecular weight excluding hydrogens is 334 g/mol. The predicted molar refractivity (Wildman–Crippen MR) is 87.5 cm³/mol. The number of aliphatic hydroxyl groups excluding tert-OH is 1. The quantitative estimate of drug-likeness (QED) is 0.261. The SMILES string of the molecule is CC(C)CC(N)C(=O)NC(CCC(=O)O)C(=O)NC(C(=O)O)C(C)O. The van der Waals surface area contributed by atoms with Gasteiger partial charge in [-0.1, -0.05) is 13.8 Å². The molecule has 10 heteroatoms. The Morgan fingerprint density at radius 3 is 1.96 bits per heavy atom. The highest BCUT2D eigenvalue weighted by atomic mass is 16.4. The van der Waals surface area contributed by atoms with E-state index < -0.39 is 54.4 Å². The molecule has 2 amide bonds. The van der Waals surface area contributed by atoms with Crippen LogP contribution in [0.15, 0.2) is 0 Å². The molecule has 25 heavy (non-hydrogen) atoms. The van der Waals surface area contributed by atoms with Gasteiger partial charge in [0.05, 0.1) is 12.1 Å². The van der Waals surface area contributed by atoms with Crippen molar-refractivity contribution in [1.82, 2.24) is 10.6 Å². The maximum atomic E-state index is 12.2. The van der Waals surface area contributed by atoms with Crippen molar-refractivity contribution >= 4 is 23.8 Å². The Balaban J connectivity index is 5.07. The second-order valence-corrected chi connectivity index (χ2v) is 6.29. The zero-order valence-electron chi connectivity index (χ0n) is 14.6. The summed E-state index contributed by atoms with van der Waals surface area (Å²) in [6, 6.07) is -3.74. The fourth-order valence-electron chi connectivity index (χ4n) is 2.07. The van der Waals surface area contributed by atoms with Crippen molar-refractivity contribution in [3.8, 4) is 0 Å². The highest BCUT2D eigenvalue weighted by molar-refractivity contribution is 5.92. The van der Waals surface area contributed by atoms with Gasteiger partial charge in [-0.05, 0) is 25.7 Å². The van der Waals surface area contributed by atoms with Gasteiger partial charge >= 0.3 is 11.9 Å². The largest absolute Gasteiger partial charge is 0.481 e. The molecule has 4 unspecified atom stereocenters. The van der Waals surface area contributed by atoms with Crippen molar-refractivity contribution in [3.63, 3.8) is 0 Å². The predicted octanol–water partition coefficient (Wildman–Crippen LogP) is -1.34. The minimum Gasteiger partial charge on any atom is -0.481 e. The minimum atomic E-state index is -1.58. The molecule has 0 aromatic carbocycles. The Hall–Kier alpha value is -2.20. The van der Waals surface area contributed by atoms with E-state index in [0.29, 0.717) is 6.42 Å². The van der Waals surface area contributed by atoms with Crippen LogP contribution in [0.25, 0.3) is 0 Å². The highest BCUT2D eigenvalue weighted by Gasteiger charge is 2.30. The molecule has 7 N–H and O–H groups in total. The lowest BCUT2D eigenvalue weighted by molar-refractivity contribution is -0.145. The number of carboxylic acids is 2. The van der Waals surface area contributed by atoms with Crippen molar-refractivity contribution in [2.75, 3.05) is 0 Å². The summed E-state index contributed by atoms with van der Waals surface area (Å²) >= 11 is 0. The van der Waals surface area contributed by atoms with E-state index in [1.165, 1.54) is 6.92 Å². The van der Waals surface area contributed by atoms with Crippen molar-refractivity contribution in [2.24, 2.45) is 11.7 Å². The van der Waals surface area contributed by atoms with Crippen molar-refractivity contribution in [3.05, 3.63) is 0 Å². The number of hydrogen-bond acceptors (Lipinski definition) is 6. The minimum absolute atomic E-state index is 0.138. The molecule has 0 heterocycles. The molecule has 144 valence electrons. The first-order chi connectivity index (χ1) is 11.5. The molecule has 0 spiro atoms. The van der Waals surface area contributed by atoms with Crippen LogP contribution < -0.4 is 16.4 Å². The van der Waals surface area contributed by atoms with Gasteiger partial charge in [-0.2, -0.15) is 0 Å². The van der Waals surface area contributed by atoms with Gasteiger partial charge in [0.25, 0.3) is 0 Å². The first-order valence-corrected chi connectivity index (χ1v) is 7.94. The van der Waals surface area contributed by atoms with Crippen LogP contribution in [0.2, 0.25) is 0 Å². The monoisotopic (exact) mass is 361 g/mol. The van der Waals surface area contributed by atoms with Gasteiger partial charge in [0.2, 0.25) is 11.8 Å². The van der Waals surface area contributed by atoms with Crippen LogP contribution in [0.4, 0.5) is 0 Å². The zero-order valence-corrected chi connectivity index (χ0v) is 14.6. The molecule has 0 aromatic rings. The maximum absolute atomic E-state index is 12.2. The van der Waals surface area contributed by atoms with E-state index in [-0.39, 0.29) is 12.3 Å². The Morgan fingerprint density at radius 1 is 1.00 bits per heavy atom. The van der Waals surface area contributed by atoms with E-state index >= 15 is 0 Å². The molecule has 0 aliphatic rings. The molecule has 10 nitrogen and oxygen atoms in total. The van der Waals surface area contributed by atoms with E-state index in [1.807, 2.05) is 13.8 Å². The Morgan fingerprint density at radius 2 is 1.56 bits per heavy atom. The van der Waals surface area contributed by atoms with Gasteiger partial charge in [0, 0.05) is 6.42 Å². The molecule has 0 aliphatic heterocycles. The van der Waals surface area contributed by atoms with Crippen LogP contribution in [0.3, 0.4) is 0 Å². The third-order valence-electron chi connectivity index (χ3n) is 3.39. The van der Waals surface area contributed by atoms with Crippen LogP contribution in [-0.2, 0) is 19.2 Å². The second-order valence-electron chi connectivity index (χ2n) is 6.29. The number of carbonyl (C=O) groups excluding carboxylic acids is 2. The lowest BCUT2D eigenvalue weighted by Crippen LogP contribution is -2.56. The molecule has 0 saturated carbocycles. The van der Waals surface area contributed by atoms with Crippen LogP contribution in [-0.4, -0.2) is 63.3 Å². The van der Waals surface area contributed by atoms with E-state index in [2.05, 4.69) is 10.6 Å². The van der Waals surface area contributed by atoms with E-state index in [4.69, 9.17) is 15.9 Å². The number of aliphatic carboxylic acids is 2. The maximum Gasteiger partial charge on any atom is 0.328 e. The van der Waals surface area contributed by atoms with Crippen LogP contribution in [0, 0.1) is 5.92 Å². The van der Waals surface area contributed by atoms with Gasteiger partial charge in [-0.25, -0.2) is 4.79 Å². The van der Waals surface area contributed by atoms with Crippen LogP contribution >= 0.6 is 0 Å². The summed E-state index contributed by atoms with van der Waals surface area (Å²) in [5.41, 5.74) is 5.73. The topological polar surface area (TPSA) is 179 Å². The number of hydrogen-bond donors (Lipinski definition) is 6. The van der Waals surface area contributed by atoms with E-state index in [1.54, 1.807) is 0 Å². The summed E-state index contributed by atoms with van der Waals surface area (Å²) in [4.78, 5) is 46.1. The summed E-state index contributed by atoms with van der Waals surface area (Å²) in [5, 5.41) is 31.6. The third kappa shape index (κ3) is 9.01. The number of amides is 2. The number of nitrogens with one attached hydrogen (secondary N) is 2. The van der Waals surface area contributed by atoms with Gasteiger partial charge in [-0.3, -0.25) is 14.4 Å². The van der Waals surface area contributed by atoms with Gasteiger partial charge < -0.3 is 31.7 Å². The molecule has 0 fully saturated rings. The summed E-state index contributed by atoms with van der Waals surface area (Å²) in [6.45, 7) is 4.91. The lowest BCUT2D eigenvalue weighted by Gasteiger charge is -2.24. The van der Waals surface area contributed by atoms with E-state index in [9.17, 15) is 24.3 Å². The summed E-state index contributed by atoms with van der Waals surface area (Å²) in [6.07, 6.45) is -1.66.